The average molecular weight is 432 g/mol. The van der Waals surface area contributed by atoms with Crippen molar-refractivity contribution in [3.63, 3.8) is 0 Å². The normalized spacial score (nSPS) is 15.1. The van der Waals surface area contributed by atoms with Crippen LogP contribution in [0.15, 0.2) is 29.3 Å². The highest BCUT2D eigenvalue weighted by Crippen LogP contribution is 2.21. The number of alkyl carbamates (subject to hydrolysis) is 1. The molecule has 0 aliphatic carbocycles. The van der Waals surface area contributed by atoms with Gasteiger partial charge in [0.1, 0.15) is 5.60 Å². The molecule has 0 unspecified atom stereocenters. The van der Waals surface area contributed by atoms with Gasteiger partial charge in [0.25, 0.3) is 0 Å². The van der Waals surface area contributed by atoms with E-state index in [0.29, 0.717) is 25.5 Å². The largest absolute Gasteiger partial charge is 0.444 e. The standard InChI is InChI=1S/C23H37N5O3/c1-7-24-20(26-16-23(5,6)27-21(30)31-22(2,3)4)25-15-17-10-12-18(13-11-17)28-14-8-9-19(28)29/h10-13H,7-9,14-16H2,1-6H3,(H,27,30)(H2,24,25,26). The number of amides is 2. The molecule has 31 heavy (non-hydrogen) atoms. The summed E-state index contributed by atoms with van der Waals surface area (Å²) in [7, 11) is 0. The molecule has 0 radical (unpaired) electrons. The summed E-state index contributed by atoms with van der Waals surface area (Å²) in [4.78, 5) is 30.4. The molecule has 3 N–H and O–H groups in total. The molecule has 1 heterocycles. The quantitative estimate of drug-likeness (QED) is 0.455. The molecule has 0 aromatic heterocycles. The SMILES string of the molecule is CCNC(=NCc1ccc(N2CCCC2=O)cc1)NCC(C)(C)NC(=O)OC(C)(C)C. The molecule has 2 amide bonds. The minimum atomic E-state index is -0.540. The molecular weight excluding hydrogens is 394 g/mol. The summed E-state index contributed by atoms with van der Waals surface area (Å²) < 4.78 is 5.34. The first kappa shape index (κ1) is 24.5. The van der Waals surface area contributed by atoms with E-state index in [0.717, 1.165) is 30.8 Å². The van der Waals surface area contributed by atoms with Crippen LogP contribution in [0.25, 0.3) is 0 Å². The number of ether oxygens (including phenoxy) is 1. The van der Waals surface area contributed by atoms with Crippen molar-refractivity contribution in [2.45, 2.75) is 72.1 Å². The van der Waals surface area contributed by atoms with Crippen molar-refractivity contribution in [3.8, 4) is 0 Å². The molecule has 1 aliphatic heterocycles. The van der Waals surface area contributed by atoms with Gasteiger partial charge in [0.05, 0.1) is 12.1 Å². The predicted octanol–water partition coefficient (Wildman–Crippen LogP) is 3.17. The molecule has 1 fully saturated rings. The Bertz CT molecular complexity index is 781. The molecule has 0 spiro atoms. The number of hydrogen-bond donors (Lipinski definition) is 3. The van der Waals surface area contributed by atoms with Crippen LogP contribution in [0.5, 0.6) is 0 Å². The third-order valence-electron chi connectivity index (χ3n) is 4.62. The smallest absolute Gasteiger partial charge is 0.408 e. The third-order valence-corrected chi connectivity index (χ3v) is 4.62. The van der Waals surface area contributed by atoms with Crippen molar-refractivity contribution >= 4 is 23.6 Å². The van der Waals surface area contributed by atoms with E-state index in [1.807, 2.05) is 70.7 Å². The van der Waals surface area contributed by atoms with Crippen LogP contribution >= 0.6 is 0 Å². The monoisotopic (exact) mass is 431 g/mol. The minimum Gasteiger partial charge on any atom is -0.444 e. The fraction of sp³-hybridized carbons (Fsp3) is 0.609. The lowest BCUT2D eigenvalue weighted by Crippen LogP contribution is -2.54. The number of carbonyl (C=O) groups excluding carboxylic acids is 2. The van der Waals surface area contributed by atoms with Crippen molar-refractivity contribution in [2.75, 3.05) is 24.5 Å². The van der Waals surface area contributed by atoms with Gasteiger partial charge in [-0.15, -0.1) is 0 Å². The number of aliphatic imine (C=N–C) groups is 1. The van der Waals surface area contributed by atoms with Gasteiger partial charge in [-0.1, -0.05) is 12.1 Å². The van der Waals surface area contributed by atoms with Crippen molar-refractivity contribution in [2.24, 2.45) is 4.99 Å². The van der Waals surface area contributed by atoms with Gasteiger partial charge in [-0.25, -0.2) is 9.79 Å². The van der Waals surface area contributed by atoms with Crippen molar-refractivity contribution in [1.29, 1.82) is 0 Å². The molecule has 2 rings (SSSR count). The molecule has 1 saturated heterocycles. The molecule has 1 aromatic rings. The van der Waals surface area contributed by atoms with Gasteiger partial charge in [0.2, 0.25) is 5.91 Å². The van der Waals surface area contributed by atoms with Gasteiger partial charge >= 0.3 is 6.09 Å². The predicted molar refractivity (Wildman–Crippen MR) is 124 cm³/mol. The molecule has 8 nitrogen and oxygen atoms in total. The Balaban J connectivity index is 1.92. The summed E-state index contributed by atoms with van der Waals surface area (Å²) in [5, 5.41) is 9.38. The van der Waals surface area contributed by atoms with E-state index in [-0.39, 0.29) is 5.91 Å². The van der Waals surface area contributed by atoms with Crippen LogP contribution in [0, 0.1) is 0 Å². The second-order valence-corrected chi connectivity index (χ2v) is 9.37. The zero-order chi connectivity index (χ0) is 23.1. The zero-order valence-electron chi connectivity index (χ0n) is 19.7. The van der Waals surface area contributed by atoms with Gasteiger partial charge in [-0.05, 0) is 65.7 Å². The first-order valence-corrected chi connectivity index (χ1v) is 10.9. The molecule has 8 heteroatoms. The molecule has 0 saturated carbocycles. The Morgan fingerprint density at radius 3 is 2.35 bits per heavy atom. The molecule has 172 valence electrons. The van der Waals surface area contributed by atoms with Gasteiger partial charge in [-0.2, -0.15) is 0 Å². The molecule has 0 atom stereocenters. The Morgan fingerprint density at radius 1 is 1.13 bits per heavy atom. The van der Waals surface area contributed by atoms with Crippen LogP contribution in [0.1, 0.15) is 59.9 Å². The van der Waals surface area contributed by atoms with Crippen LogP contribution in [0.4, 0.5) is 10.5 Å². The van der Waals surface area contributed by atoms with Gasteiger partial charge in [0, 0.05) is 31.7 Å². The topological polar surface area (TPSA) is 95.1 Å². The highest BCUT2D eigenvalue weighted by Gasteiger charge is 2.25. The first-order chi connectivity index (χ1) is 14.5. The third kappa shape index (κ3) is 8.47. The van der Waals surface area contributed by atoms with Crippen LogP contribution in [-0.4, -0.2) is 48.7 Å². The molecule has 0 bridgehead atoms. The Labute approximate surface area is 185 Å². The lowest BCUT2D eigenvalue weighted by molar-refractivity contribution is -0.117. The van der Waals surface area contributed by atoms with Gasteiger partial charge in [0.15, 0.2) is 5.96 Å². The fourth-order valence-electron chi connectivity index (χ4n) is 3.14. The molecule has 1 aromatic carbocycles. The second-order valence-electron chi connectivity index (χ2n) is 9.37. The van der Waals surface area contributed by atoms with Crippen LogP contribution in [-0.2, 0) is 16.1 Å². The number of nitrogens with zero attached hydrogens (tertiary/aromatic N) is 2. The van der Waals surface area contributed by atoms with E-state index in [9.17, 15) is 9.59 Å². The summed E-state index contributed by atoms with van der Waals surface area (Å²) in [5.41, 5.74) is 0.929. The number of hydrogen-bond acceptors (Lipinski definition) is 4. The number of rotatable bonds is 7. The van der Waals surface area contributed by atoms with E-state index in [2.05, 4.69) is 20.9 Å². The van der Waals surface area contributed by atoms with E-state index in [1.165, 1.54) is 0 Å². The minimum absolute atomic E-state index is 0.187. The lowest BCUT2D eigenvalue weighted by atomic mass is 10.1. The van der Waals surface area contributed by atoms with E-state index < -0.39 is 17.2 Å². The Hall–Kier alpha value is -2.77. The summed E-state index contributed by atoms with van der Waals surface area (Å²) in [5.74, 6) is 0.854. The van der Waals surface area contributed by atoms with Crippen molar-refractivity contribution in [1.82, 2.24) is 16.0 Å². The van der Waals surface area contributed by atoms with E-state index in [4.69, 9.17) is 4.74 Å². The average Bonchev–Trinajstić information content (AvgIpc) is 3.08. The fourth-order valence-corrected chi connectivity index (χ4v) is 3.14. The van der Waals surface area contributed by atoms with E-state index in [1.54, 1.807) is 0 Å². The number of carbonyl (C=O) groups is 2. The van der Waals surface area contributed by atoms with Crippen molar-refractivity contribution < 1.29 is 14.3 Å². The number of nitrogens with one attached hydrogen (secondary N) is 3. The molecule has 1 aliphatic rings. The maximum atomic E-state index is 12.1. The van der Waals surface area contributed by atoms with Crippen LogP contribution < -0.4 is 20.9 Å². The lowest BCUT2D eigenvalue weighted by Gasteiger charge is -2.29. The van der Waals surface area contributed by atoms with Gasteiger partial charge < -0.3 is 25.6 Å². The van der Waals surface area contributed by atoms with Crippen molar-refractivity contribution in [3.05, 3.63) is 29.8 Å². The maximum Gasteiger partial charge on any atom is 0.408 e. The summed E-state index contributed by atoms with van der Waals surface area (Å²) >= 11 is 0. The Kier molecular flexibility index (Phi) is 8.30. The van der Waals surface area contributed by atoms with Crippen LogP contribution in [0.2, 0.25) is 0 Å². The summed E-state index contributed by atoms with van der Waals surface area (Å²) in [6, 6.07) is 7.95. The summed E-state index contributed by atoms with van der Waals surface area (Å²) in [6.07, 6.45) is 1.10. The zero-order valence-corrected chi connectivity index (χ0v) is 19.7. The molecular formula is C23H37N5O3. The van der Waals surface area contributed by atoms with E-state index >= 15 is 0 Å². The number of guanidine groups is 1. The highest BCUT2D eigenvalue weighted by atomic mass is 16.6. The van der Waals surface area contributed by atoms with Crippen LogP contribution in [0.3, 0.4) is 0 Å². The second kappa shape index (κ2) is 10.5. The summed E-state index contributed by atoms with van der Waals surface area (Å²) in [6.45, 7) is 13.9. The first-order valence-electron chi connectivity index (χ1n) is 10.9. The number of benzene rings is 1. The number of anilines is 1. The highest BCUT2D eigenvalue weighted by molar-refractivity contribution is 5.95. The Morgan fingerprint density at radius 2 is 1.81 bits per heavy atom. The van der Waals surface area contributed by atoms with Gasteiger partial charge in [-0.3, -0.25) is 4.79 Å². The maximum absolute atomic E-state index is 12.1.